The first-order valence-electron chi connectivity index (χ1n) is 7.74. The van der Waals surface area contributed by atoms with Gasteiger partial charge >= 0.3 is 0 Å². The molecule has 0 aromatic heterocycles. The first-order valence-corrected chi connectivity index (χ1v) is 8.53. The largest absolute Gasteiger partial charge is 0.379 e. The lowest BCUT2D eigenvalue weighted by molar-refractivity contribution is -0.384. The number of nitrogens with one attached hydrogen (secondary N) is 2. The zero-order valence-corrected chi connectivity index (χ0v) is 14.7. The highest BCUT2D eigenvalue weighted by Gasteiger charge is 2.15. The summed E-state index contributed by atoms with van der Waals surface area (Å²) in [5, 5.41) is 17.4. The van der Waals surface area contributed by atoms with Gasteiger partial charge in [-0.1, -0.05) is 11.6 Å². The fraction of sp³-hybridized carbons (Fsp3) is 0.533. The van der Waals surface area contributed by atoms with Gasteiger partial charge in [0.25, 0.3) is 5.69 Å². The Balaban J connectivity index is 1.64. The molecule has 132 valence electrons. The molecule has 24 heavy (non-hydrogen) atoms. The molecule has 9 heteroatoms. The summed E-state index contributed by atoms with van der Waals surface area (Å²) in [6, 6.07) is 4.15. The molecule has 0 amide bonds. The number of nitro benzene ring substituents is 1. The van der Waals surface area contributed by atoms with E-state index in [0.717, 1.165) is 25.9 Å². The van der Waals surface area contributed by atoms with Gasteiger partial charge in [-0.25, -0.2) is 0 Å². The number of ether oxygens (including phenoxy) is 2. The summed E-state index contributed by atoms with van der Waals surface area (Å²) in [6.45, 7) is 2.71. The van der Waals surface area contributed by atoms with Gasteiger partial charge in [-0.15, -0.1) is 0 Å². The Morgan fingerprint density at radius 1 is 1.54 bits per heavy atom. The monoisotopic (exact) mass is 373 g/mol. The van der Waals surface area contributed by atoms with Crippen LogP contribution < -0.4 is 10.6 Å². The maximum absolute atomic E-state index is 10.8. The molecule has 2 rings (SSSR count). The molecule has 0 radical (unpaired) electrons. The Bertz CT molecular complexity index is 582. The number of anilines is 1. The summed E-state index contributed by atoms with van der Waals surface area (Å²) in [7, 11) is 0. The number of nitro groups is 1. The van der Waals surface area contributed by atoms with E-state index < -0.39 is 4.92 Å². The molecule has 7 nitrogen and oxygen atoms in total. The van der Waals surface area contributed by atoms with Crippen LogP contribution in [0.5, 0.6) is 0 Å². The number of rotatable bonds is 8. The Hall–Kier alpha value is -1.48. The van der Waals surface area contributed by atoms with Crippen LogP contribution in [-0.2, 0) is 9.47 Å². The molecule has 1 aliphatic heterocycles. The highest BCUT2D eigenvalue weighted by atomic mass is 35.5. The summed E-state index contributed by atoms with van der Waals surface area (Å²) < 4.78 is 11.0. The molecule has 0 bridgehead atoms. The van der Waals surface area contributed by atoms with Crippen LogP contribution in [0, 0.1) is 10.1 Å². The molecule has 0 saturated carbocycles. The third-order valence-corrected chi connectivity index (χ3v) is 4.06. The van der Waals surface area contributed by atoms with Crippen molar-refractivity contribution in [2.45, 2.75) is 25.4 Å². The molecule has 0 aliphatic carbocycles. The van der Waals surface area contributed by atoms with E-state index in [1.165, 1.54) is 18.2 Å². The van der Waals surface area contributed by atoms with Crippen molar-refractivity contribution >= 4 is 40.3 Å². The van der Waals surface area contributed by atoms with Gasteiger partial charge in [-0.3, -0.25) is 10.1 Å². The van der Waals surface area contributed by atoms with Gasteiger partial charge in [0.2, 0.25) is 0 Å². The second kappa shape index (κ2) is 9.73. The Kier molecular flexibility index (Phi) is 7.64. The highest BCUT2D eigenvalue weighted by molar-refractivity contribution is 7.80. The van der Waals surface area contributed by atoms with Gasteiger partial charge in [-0.05, 0) is 37.5 Å². The highest BCUT2D eigenvalue weighted by Crippen LogP contribution is 2.26. The Morgan fingerprint density at radius 3 is 3.08 bits per heavy atom. The van der Waals surface area contributed by atoms with Crippen LogP contribution in [-0.4, -0.2) is 42.5 Å². The number of benzene rings is 1. The van der Waals surface area contributed by atoms with E-state index in [4.69, 9.17) is 33.3 Å². The van der Waals surface area contributed by atoms with Gasteiger partial charge < -0.3 is 20.1 Å². The van der Waals surface area contributed by atoms with E-state index in [2.05, 4.69) is 10.6 Å². The fourth-order valence-electron chi connectivity index (χ4n) is 2.26. The van der Waals surface area contributed by atoms with E-state index in [1.54, 1.807) is 0 Å². The topological polar surface area (TPSA) is 85.7 Å². The molecular weight excluding hydrogens is 354 g/mol. The molecule has 1 heterocycles. The number of hydrogen-bond donors (Lipinski definition) is 2. The molecule has 1 aromatic carbocycles. The van der Waals surface area contributed by atoms with Crippen molar-refractivity contribution in [3.8, 4) is 0 Å². The summed E-state index contributed by atoms with van der Waals surface area (Å²) in [6.07, 6.45) is 3.19. The van der Waals surface area contributed by atoms with Crippen molar-refractivity contribution in [2.75, 3.05) is 31.7 Å². The summed E-state index contributed by atoms with van der Waals surface area (Å²) in [5.74, 6) is 0. The normalized spacial score (nSPS) is 16.8. The van der Waals surface area contributed by atoms with Crippen molar-refractivity contribution in [1.82, 2.24) is 5.32 Å². The quantitative estimate of drug-likeness (QED) is 0.313. The van der Waals surface area contributed by atoms with Crippen molar-refractivity contribution < 1.29 is 14.4 Å². The Labute approximate surface area is 150 Å². The van der Waals surface area contributed by atoms with Crippen LogP contribution in [0.4, 0.5) is 11.4 Å². The molecule has 1 aromatic rings. The summed E-state index contributed by atoms with van der Waals surface area (Å²) in [5.41, 5.74) is 0.352. The molecule has 1 saturated heterocycles. The number of thiocarbonyl (C=S) groups is 1. The molecule has 1 atom stereocenters. The average molecular weight is 374 g/mol. The smallest absolute Gasteiger partial charge is 0.271 e. The standard InChI is InChI=1S/C15H20ClN3O4S/c16-13-5-4-11(19(20)21)9-14(13)18-15(24)17-6-2-7-22-10-12-3-1-8-23-12/h4-5,9,12H,1-3,6-8,10H2,(H2,17,18,24)/t12-/m1/s1. The first-order chi connectivity index (χ1) is 11.6. The minimum absolute atomic E-state index is 0.0489. The zero-order chi connectivity index (χ0) is 17.4. The third-order valence-electron chi connectivity index (χ3n) is 3.49. The molecular formula is C15H20ClN3O4S. The van der Waals surface area contributed by atoms with Crippen LogP contribution >= 0.6 is 23.8 Å². The van der Waals surface area contributed by atoms with Crippen LogP contribution in [0.3, 0.4) is 0 Å². The van der Waals surface area contributed by atoms with E-state index in [0.29, 0.717) is 35.6 Å². The van der Waals surface area contributed by atoms with Crippen LogP contribution in [0.15, 0.2) is 18.2 Å². The Morgan fingerprint density at radius 2 is 2.38 bits per heavy atom. The summed E-state index contributed by atoms with van der Waals surface area (Å²) in [4.78, 5) is 10.3. The van der Waals surface area contributed by atoms with Crippen molar-refractivity contribution in [2.24, 2.45) is 0 Å². The van der Waals surface area contributed by atoms with E-state index in [-0.39, 0.29) is 11.8 Å². The maximum atomic E-state index is 10.8. The minimum Gasteiger partial charge on any atom is -0.379 e. The molecule has 1 aliphatic rings. The lowest BCUT2D eigenvalue weighted by atomic mass is 10.2. The summed E-state index contributed by atoms with van der Waals surface area (Å²) >= 11 is 11.2. The lowest BCUT2D eigenvalue weighted by Crippen LogP contribution is -2.30. The number of non-ortho nitro benzene ring substituents is 1. The molecule has 2 N–H and O–H groups in total. The van der Waals surface area contributed by atoms with Crippen molar-refractivity contribution in [3.63, 3.8) is 0 Å². The average Bonchev–Trinajstić information content (AvgIpc) is 3.06. The van der Waals surface area contributed by atoms with E-state index in [9.17, 15) is 10.1 Å². The van der Waals surface area contributed by atoms with Gasteiger partial charge in [0.1, 0.15) is 0 Å². The molecule has 0 unspecified atom stereocenters. The van der Waals surface area contributed by atoms with E-state index in [1.807, 2.05) is 0 Å². The number of halogens is 1. The zero-order valence-electron chi connectivity index (χ0n) is 13.1. The van der Waals surface area contributed by atoms with Gasteiger partial charge in [-0.2, -0.15) is 0 Å². The SMILES string of the molecule is O=[N+]([O-])c1ccc(Cl)c(NC(=S)NCCCOC[C@H]2CCCO2)c1. The third kappa shape index (κ3) is 6.20. The van der Waals surface area contributed by atoms with Crippen molar-refractivity contribution in [3.05, 3.63) is 33.3 Å². The predicted octanol–water partition coefficient (Wildman–Crippen LogP) is 3.12. The van der Waals surface area contributed by atoms with E-state index >= 15 is 0 Å². The van der Waals surface area contributed by atoms with Crippen LogP contribution in [0.1, 0.15) is 19.3 Å². The second-order valence-corrected chi connectivity index (χ2v) is 6.18. The first kappa shape index (κ1) is 18.9. The number of nitrogens with zero attached hydrogens (tertiary/aromatic N) is 1. The van der Waals surface area contributed by atoms with Gasteiger partial charge in [0, 0.05) is 31.9 Å². The molecule has 1 fully saturated rings. The van der Waals surface area contributed by atoms with Gasteiger partial charge in [0.15, 0.2) is 5.11 Å². The second-order valence-electron chi connectivity index (χ2n) is 5.37. The van der Waals surface area contributed by atoms with Crippen LogP contribution in [0.2, 0.25) is 5.02 Å². The fourth-order valence-corrected chi connectivity index (χ4v) is 2.63. The maximum Gasteiger partial charge on any atom is 0.271 e. The van der Waals surface area contributed by atoms with Crippen molar-refractivity contribution in [1.29, 1.82) is 0 Å². The molecule has 0 spiro atoms. The van der Waals surface area contributed by atoms with Crippen LogP contribution in [0.25, 0.3) is 0 Å². The minimum atomic E-state index is -0.483. The predicted molar refractivity (Wildman–Crippen MR) is 96.7 cm³/mol. The van der Waals surface area contributed by atoms with Gasteiger partial charge in [0.05, 0.1) is 28.3 Å². The number of hydrogen-bond acceptors (Lipinski definition) is 5. The lowest BCUT2D eigenvalue weighted by Gasteiger charge is -2.12.